The molecule has 0 fully saturated rings. The van der Waals surface area contributed by atoms with Gasteiger partial charge in [0.1, 0.15) is 22.7 Å². The molecule has 2 aliphatic carbocycles. The molecule has 5 aromatic heterocycles. The van der Waals surface area contributed by atoms with Crippen LogP contribution in [0.1, 0.15) is 78.5 Å². The predicted molar refractivity (Wildman–Crippen MR) is 162 cm³/mol. The van der Waals surface area contributed by atoms with Crippen molar-refractivity contribution in [1.29, 1.82) is 5.26 Å². The van der Waals surface area contributed by atoms with E-state index in [0.29, 0.717) is 40.1 Å². The summed E-state index contributed by atoms with van der Waals surface area (Å²) in [6.45, 7) is 4.87. The highest BCUT2D eigenvalue weighted by Gasteiger charge is 2.48. The molecule has 1 spiro atoms. The molecule has 214 valence electrons. The van der Waals surface area contributed by atoms with Gasteiger partial charge in [-0.3, -0.25) is 4.68 Å². The van der Waals surface area contributed by atoms with Crippen LogP contribution in [0.2, 0.25) is 0 Å². The Morgan fingerprint density at radius 2 is 2.05 bits per heavy atom. The Balaban J connectivity index is 1.39. The second kappa shape index (κ2) is 9.80. The van der Waals surface area contributed by atoms with Crippen LogP contribution in [0.15, 0.2) is 29.0 Å². The average molecular weight is 581 g/mol. The third-order valence-corrected chi connectivity index (χ3v) is 10.1. The first-order chi connectivity index (χ1) is 20.4. The minimum absolute atomic E-state index is 0.0986. The number of thiophene rings is 1. The van der Waals surface area contributed by atoms with Crippen molar-refractivity contribution in [3.05, 3.63) is 57.4 Å². The lowest BCUT2D eigenvalue weighted by Gasteiger charge is -2.39. The van der Waals surface area contributed by atoms with Gasteiger partial charge in [0.25, 0.3) is 0 Å². The molecule has 11 nitrogen and oxygen atoms in total. The molecule has 0 saturated carbocycles. The molecule has 0 amide bonds. The number of fused-ring (bicyclic) bond motifs is 5. The maximum absolute atomic E-state index is 10.1. The summed E-state index contributed by atoms with van der Waals surface area (Å²) in [6.07, 6.45) is 8.98. The Morgan fingerprint density at radius 1 is 1.24 bits per heavy atom. The normalized spacial score (nSPS) is 18.5. The fourth-order valence-corrected chi connectivity index (χ4v) is 8.27. The minimum atomic E-state index is -0.410. The van der Waals surface area contributed by atoms with Gasteiger partial charge in [0.2, 0.25) is 0 Å². The Kier molecular flexibility index (Phi) is 6.16. The molecule has 5 heterocycles. The first kappa shape index (κ1) is 26.4. The molecule has 2 aliphatic rings. The van der Waals surface area contributed by atoms with Gasteiger partial charge in [0, 0.05) is 35.8 Å². The molecule has 0 saturated heterocycles. The summed E-state index contributed by atoms with van der Waals surface area (Å²) >= 11 is 1.54. The van der Waals surface area contributed by atoms with E-state index < -0.39 is 5.41 Å². The lowest BCUT2D eigenvalue weighted by atomic mass is 9.63. The maximum Gasteiger partial charge on any atom is 0.186 e. The second-order valence-electron chi connectivity index (χ2n) is 11.2. The van der Waals surface area contributed by atoms with Crippen molar-refractivity contribution in [2.75, 3.05) is 22.9 Å². The molecule has 5 aromatic rings. The van der Waals surface area contributed by atoms with Crippen molar-refractivity contribution in [3.8, 4) is 17.6 Å². The van der Waals surface area contributed by atoms with Crippen LogP contribution in [-0.4, -0.2) is 36.4 Å². The molecular weight excluding hydrogens is 548 g/mol. The van der Waals surface area contributed by atoms with Crippen LogP contribution in [0.5, 0.6) is 0 Å². The van der Waals surface area contributed by atoms with Gasteiger partial charge in [-0.1, -0.05) is 11.2 Å². The summed E-state index contributed by atoms with van der Waals surface area (Å²) in [5, 5.41) is 20.6. The monoisotopic (exact) mass is 580 g/mol. The summed E-state index contributed by atoms with van der Waals surface area (Å²) in [6, 6.07) is 6.19. The van der Waals surface area contributed by atoms with Crippen LogP contribution in [0.4, 0.5) is 16.6 Å². The van der Waals surface area contributed by atoms with Crippen molar-refractivity contribution in [2.45, 2.75) is 63.8 Å². The first-order valence-electron chi connectivity index (χ1n) is 14.4. The number of aromatic nitrogens is 6. The third-order valence-electron chi connectivity index (χ3n) is 9.04. The minimum Gasteiger partial charge on any atom is -0.389 e. The van der Waals surface area contributed by atoms with Crippen LogP contribution in [-0.2, 0) is 25.3 Å². The van der Waals surface area contributed by atoms with Gasteiger partial charge >= 0.3 is 0 Å². The van der Waals surface area contributed by atoms with Crippen LogP contribution in [0, 0.1) is 11.3 Å². The smallest absolute Gasteiger partial charge is 0.186 e. The van der Waals surface area contributed by atoms with Crippen LogP contribution < -0.4 is 16.4 Å². The van der Waals surface area contributed by atoms with Crippen molar-refractivity contribution in [2.24, 2.45) is 7.05 Å². The molecule has 0 aliphatic heterocycles. The Labute approximate surface area is 247 Å². The molecule has 0 bridgehead atoms. The van der Waals surface area contributed by atoms with Gasteiger partial charge in [0.15, 0.2) is 22.9 Å². The molecule has 12 heteroatoms. The summed E-state index contributed by atoms with van der Waals surface area (Å²) in [5.74, 6) is 2.57. The highest BCUT2D eigenvalue weighted by atomic mass is 32.1. The number of aryl methyl sites for hydroxylation is 2. The highest BCUT2D eigenvalue weighted by molar-refractivity contribution is 7.16. The van der Waals surface area contributed by atoms with Gasteiger partial charge < -0.3 is 20.9 Å². The number of hydrogen-bond donors (Lipinski definition) is 2. The second-order valence-corrected chi connectivity index (χ2v) is 12.3. The van der Waals surface area contributed by atoms with E-state index in [0.717, 1.165) is 72.2 Å². The fourth-order valence-electron chi connectivity index (χ4n) is 7.11. The van der Waals surface area contributed by atoms with Crippen molar-refractivity contribution in [1.82, 2.24) is 29.9 Å². The standard InChI is InChI=1S/C30H32N10OS/c1-4-40(16(2)17-9-7-13-34-25(17)32)29-20-15-35-39(3)28(20)36-27(37-29)23-18-8-5-11-30(24(18)41-38-23)12-6-10-21-22(30)19(14-31)26(33)42-21/h7,9,13,15-16H,4-6,8,10-12,33H2,1-3H3,(H2,32,34)/t16-,30-/m0/s1. The molecule has 0 aromatic carbocycles. The SMILES string of the molecule is CCN(c1nc(-c2noc3c2CCC[C@@]32CCCc3sc(N)c(C#N)c32)nc2c1cnn2C)[C@@H](C)c1cccnc1N. The fraction of sp³-hybridized carbons (Fsp3) is 0.400. The molecular formula is C30H32N10OS. The lowest BCUT2D eigenvalue weighted by Crippen LogP contribution is -2.35. The Bertz CT molecular complexity index is 1880. The predicted octanol–water partition coefficient (Wildman–Crippen LogP) is 5.06. The summed E-state index contributed by atoms with van der Waals surface area (Å²) < 4.78 is 8.01. The first-order valence-corrected chi connectivity index (χ1v) is 15.2. The van der Waals surface area contributed by atoms with E-state index in [9.17, 15) is 5.26 Å². The maximum atomic E-state index is 10.1. The number of nitriles is 1. The number of nitrogen functional groups attached to an aromatic ring is 2. The van der Waals surface area contributed by atoms with Gasteiger partial charge in [-0.05, 0) is 64.0 Å². The van der Waals surface area contributed by atoms with Gasteiger partial charge in [-0.15, -0.1) is 11.3 Å². The van der Waals surface area contributed by atoms with E-state index in [1.54, 1.807) is 28.4 Å². The van der Waals surface area contributed by atoms with Crippen molar-refractivity contribution < 1.29 is 4.52 Å². The van der Waals surface area contributed by atoms with Gasteiger partial charge in [-0.25, -0.2) is 15.0 Å². The van der Waals surface area contributed by atoms with Gasteiger partial charge in [-0.2, -0.15) is 10.4 Å². The van der Waals surface area contributed by atoms with Crippen LogP contribution in [0.25, 0.3) is 22.6 Å². The quantitative estimate of drug-likeness (QED) is 0.287. The van der Waals surface area contributed by atoms with E-state index in [1.165, 1.54) is 4.88 Å². The van der Waals surface area contributed by atoms with Crippen LogP contribution in [0.3, 0.4) is 0 Å². The largest absolute Gasteiger partial charge is 0.389 e. The highest BCUT2D eigenvalue weighted by Crippen LogP contribution is 2.55. The van der Waals surface area contributed by atoms with E-state index in [4.69, 9.17) is 26.0 Å². The van der Waals surface area contributed by atoms with Crippen molar-refractivity contribution >= 4 is 39.0 Å². The topological polar surface area (TPSA) is 162 Å². The van der Waals surface area contributed by atoms with Crippen LogP contribution >= 0.6 is 11.3 Å². The number of nitrogens with zero attached hydrogens (tertiary/aromatic N) is 8. The molecule has 0 radical (unpaired) electrons. The summed E-state index contributed by atoms with van der Waals surface area (Å²) in [7, 11) is 1.88. The zero-order valence-electron chi connectivity index (χ0n) is 23.9. The third kappa shape index (κ3) is 3.73. The van der Waals surface area contributed by atoms with E-state index in [2.05, 4.69) is 40.1 Å². The zero-order valence-corrected chi connectivity index (χ0v) is 24.7. The number of rotatable bonds is 5. The van der Waals surface area contributed by atoms with E-state index >= 15 is 0 Å². The average Bonchev–Trinajstić information content (AvgIpc) is 3.69. The van der Waals surface area contributed by atoms with E-state index in [1.807, 2.05) is 19.2 Å². The molecule has 4 N–H and O–H groups in total. The number of pyridine rings is 1. The Hall–Kier alpha value is -4.50. The molecule has 7 rings (SSSR count). The summed E-state index contributed by atoms with van der Waals surface area (Å²) in [4.78, 5) is 17.8. The molecule has 2 atom stereocenters. The van der Waals surface area contributed by atoms with Gasteiger partial charge in [0.05, 0.1) is 28.6 Å². The number of hydrogen-bond acceptors (Lipinski definition) is 11. The summed E-state index contributed by atoms with van der Waals surface area (Å²) in [5.41, 5.74) is 17.1. The number of anilines is 3. The number of nitrogens with two attached hydrogens (primary N) is 2. The zero-order chi connectivity index (χ0) is 29.2. The lowest BCUT2D eigenvalue weighted by molar-refractivity contribution is 0.265. The van der Waals surface area contributed by atoms with Crippen molar-refractivity contribution in [3.63, 3.8) is 0 Å². The Morgan fingerprint density at radius 3 is 2.81 bits per heavy atom. The van der Waals surface area contributed by atoms with E-state index in [-0.39, 0.29) is 6.04 Å². The molecule has 42 heavy (non-hydrogen) atoms. The molecule has 0 unspecified atom stereocenters.